The van der Waals surface area contributed by atoms with Crippen LogP contribution in [0.25, 0.3) is 11.1 Å². The molecule has 10 heteroatoms. The van der Waals surface area contributed by atoms with Crippen molar-refractivity contribution in [2.75, 3.05) is 0 Å². The van der Waals surface area contributed by atoms with Crippen molar-refractivity contribution in [3.8, 4) is 11.1 Å². The van der Waals surface area contributed by atoms with Gasteiger partial charge in [-0.25, -0.2) is 0 Å². The summed E-state index contributed by atoms with van der Waals surface area (Å²) in [4.78, 5) is 24.6. The van der Waals surface area contributed by atoms with Crippen molar-refractivity contribution in [1.82, 2.24) is 4.98 Å². The quantitative estimate of drug-likeness (QED) is 0.332. The largest absolute Gasteiger partial charge is 0.361 e. The molecular weight excluding hydrogens is 385 g/mol. The zero-order valence-electron chi connectivity index (χ0n) is 9.72. The molecule has 0 aliphatic carbocycles. The number of H-pyrrole nitrogens is 1. The lowest BCUT2D eigenvalue weighted by Gasteiger charge is -2.11. The average molecular weight is 388 g/mol. The van der Waals surface area contributed by atoms with E-state index in [0.717, 1.165) is 6.20 Å². The maximum Gasteiger partial charge on any atom is 0.332 e. The fraction of sp³-hybridized carbons (Fsp3) is 0. The Morgan fingerprint density at radius 3 is 1.86 bits per heavy atom. The maximum atomic E-state index is 12.1. The third-order valence-corrected chi connectivity index (χ3v) is 4.88. The average Bonchev–Trinajstić information content (AvgIpc) is 2.44. The minimum atomic E-state index is -0.878. The minimum Gasteiger partial charge on any atom is -0.361 e. The van der Waals surface area contributed by atoms with Gasteiger partial charge in [-0.2, -0.15) is 0 Å². The molecule has 0 saturated carbocycles. The Morgan fingerprint density at radius 1 is 0.905 bits per heavy atom. The first-order valence-corrected chi connectivity index (χ1v) is 7.03. The van der Waals surface area contributed by atoms with Crippen LogP contribution in [0.3, 0.4) is 0 Å². The summed E-state index contributed by atoms with van der Waals surface area (Å²) in [5.74, 6) is 0. The SMILES string of the molecule is O=c1c(-c2c(Cl)c(Cl)c(Cl)c(Cl)c2Cl)c[nH]cc1[N+](=O)[O-]. The molecule has 0 aliphatic rings. The highest BCUT2D eigenvalue weighted by atomic mass is 35.5. The fourth-order valence-corrected chi connectivity index (χ4v) is 2.98. The number of aromatic amines is 1. The van der Waals surface area contributed by atoms with E-state index < -0.39 is 16.0 Å². The van der Waals surface area contributed by atoms with Crippen LogP contribution in [0, 0.1) is 10.1 Å². The summed E-state index contributed by atoms with van der Waals surface area (Å²) < 4.78 is 0. The van der Waals surface area contributed by atoms with Gasteiger partial charge in [0, 0.05) is 11.8 Å². The monoisotopic (exact) mass is 386 g/mol. The third kappa shape index (κ3) is 2.72. The van der Waals surface area contributed by atoms with Crippen LogP contribution in [-0.4, -0.2) is 9.91 Å². The molecule has 0 spiro atoms. The van der Waals surface area contributed by atoms with E-state index in [4.69, 9.17) is 58.0 Å². The molecule has 110 valence electrons. The highest BCUT2D eigenvalue weighted by molar-refractivity contribution is 6.56. The molecule has 1 aromatic carbocycles. The van der Waals surface area contributed by atoms with E-state index in [1.807, 2.05) is 0 Å². The molecule has 5 nitrogen and oxygen atoms in total. The zero-order chi connectivity index (χ0) is 15.9. The second kappa shape index (κ2) is 6.02. The fourth-order valence-electron chi connectivity index (χ4n) is 1.64. The summed E-state index contributed by atoms with van der Waals surface area (Å²) in [6, 6.07) is 0. The van der Waals surface area contributed by atoms with E-state index in [2.05, 4.69) is 4.98 Å². The van der Waals surface area contributed by atoms with E-state index in [1.54, 1.807) is 0 Å². The van der Waals surface area contributed by atoms with E-state index in [1.165, 1.54) is 6.20 Å². The van der Waals surface area contributed by atoms with Crippen LogP contribution in [0.1, 0.15) is 0 Å². The summed E-state index contributed by atoms with van der Waals surface area (Å²) in [7, 11) is 0. The van der Waals surface area contributed by atoms with Gasteiger partial charge in [-0.1, -0.05) is 58.0 Å². The van der Waals surface area contributed by atoms with Gasteiger partial charge < -0.3 is 4.98 Å². The van der Waals surface area contributed by atoms with Crippen molar-refractivity contribution < 1.29 is 4.92 Å². The topological polar surface area (TPSA) is 76.0 Å². The van der Waals surface area contributed by atoms with Crippen molar-refractivity contribution >= 4 is 63.7 Å². The van der Waals surface area contributed by atoms with Crippen LogP contribution < -0.4 is 5.43 Å². The second-order valence-electron chi connectivity index (χ2n) is 3.79. The molecule has 1 N–H and O–H groups in total. The summed E-state index contributed by atoms with van der Waals surface area (Å²) in [5, 5.41) is 10.3. The smallest absolute Gasteiger partial charge is 0.332 e. The molecule has 21 heavy (non-hydrogen) atoms. The lowest BCUT2D eigenvalue weighted by Crippen LogP contribution is -2.11. The molecule has 0 bridgehead atoms. The van der Waals surface area contributed by atoms with Crippen LogP contribution >= 0.6 is 58.0 Å². The van der Waals surface area contributed by atoms with Crippen molar-refractivity contribution in [3.05, 3.63) is 57.8 Å². The number of aromatic nitrogens is 1. The number of rotatable bonds is 2. The molecule has 0 atom stereocenters. The normalized spacial score (nSPS) is 10.7. The van der Waals surface area contributed by atoms with Crippen molar-refractivity contribution in [2.45, 2.75) is 0 Å². The minimum absolute atomic E-state index is 0.0253. The van der Waals surface area contributed by atoms with E-state index in [9.17, 15) is 14.9 Å². The van der Waals surface area contributed by atoms with Crippen molar-refractivity contribution in [2.24, 2.45) is 0 Å². The van der Waals surface area contributed by atoms with E-state index in [0.29, 0.717) is 0 Å². The van der Waals surface area contributed by atoms with Gasteiger partial charge in [0.15, 0.2) is 0 Å². The predicted molar refractivity (Wildman–Crippen MR) is 84.2 cm³/mol. The highest BCUT2D eigenvalue weighted by Gasteiger charge is 2.25. The third-order valence-electron chi connectivity index (χ3n) is 2.60. The Kier molecular flexibility index (Phi) is 4.70. The molecule has 2 rings (SSSR count). The van der Waals surface area contributed by atoms with Crippen LogP contribution in [0.15, 0.2) is 17.2 Å². The van der Waals surface area contributed by atoms with Gasteiger partial charge in [0.1, 0.15) is 0 Å². The number of hydrogen-bond donors (Lipinski definition) is 1. The molecule has 0 amide bonds. The van der Waals surface area contributed by atoms with Gasteiger partial charge in [0.2, 0.25) is 0 Å². The summed E-state index contributed by atoms with van der Waals surface area (Å²) >= 11 is 29.7. The van der Waals surface area contributed by atoms with Crippen LogP contribution in [0.5, 0.6) is 0 Å². The van der Waals surface area contributed by atoms with E-state index in [-0.39, 0.29) is 36.2 Å². The summed E-state index contributed by atoms with van der Waals surface area (Å²) in [6.45, 7) is 0. The molecule has 0 radical (unpaired) electrons. The van der Waals surface area contributed by atoms with Crippen molar-refractivity contribution in [3.63, 3.8) is 0 Å². The van der Waals surface area contributed by atoms with Crippen molar-refractivity contribution in [1.29, 1.82) is 0 Å². The first-order chi connectivity index (χ1) is 9.77. The van der Waals surface area contributed by atoms with Gasteiger partial charge in [-0.05, 0) is 0 Å². The number of nitrogens with zero attached hydrogens (tertiary/aromatic N) is 1. The van der Waals surface area contributed by atoms with Crippen LogP contribution in [-0.2, 0) is 0 Å². The number of hydrogen-bond acceptors (Lipinski definition) is 3. The van der Waals surface area contributed by atoms with Gasteiger partial charge in [-0.3, -0.25) is 14.9 Å². The molecule has 0 fully saturated rings. The first-order valence-electron chi connectivity index (χ1n) is 5.14. The summed E-state index contributed by atoms with van der Waals surface area (Å²) in [5.41, 5.74) is -1.71. The molecule has 1 aromatic heterocycles. The van der Waals surface area contributed by atoms with Gasteiger partial charge in [0.25, 0.3) is 5.43 Å². The van der Waals surface area contributed by atoms with Crippen LogP contribution in [0.4, 0.5) is 5.69 Å². The van der Waals surface area contributed by atoms with Gasteiger partial charge in [-0.15, -0.1) is 0 Å². The van der Waals surface area contributed by atoms with Gasteiger partial charge in [0.05, 0.1) is 41.8 Å². The Morgan fingerprint density at radius 2 is 1.38 bits per heavy atom. The summed E-state index contributed by atoms with van der Waals surface area (Å²) in [6.07, 6.45) is 2.16. The predicted octanol–water partition coefficient (Wildman–Crippen LogP) is 5.22. The Labute approximate surface area is 142 Å². The molecule has 0 unspecified atom stereocenters. The number of nitro groups is 1. The molecule has 1 heterocycles. The maximum absolute atomic E-state index is 12.1. The Balaban J connectivity index is 2.90. The molecule has 2 aromatic rings. The Bertz CT molecular complexity index is 789. The zero-order valence-corrected chi connectivity index (χ0v) is 13.5. The second-order valence-corrected chi connectivity index (χ2v) is 5.68. The lowest BCUT2D eigenvalue weighted by molar-refractivity contribution is -0.386. The van der Waals surface area contributed by atoms with E-state index >= 15 is 0 Å². The number of halogens is 5. The number of nitrogens with one attached hydrogen (secondary N) is 1. The molecule has 0 saturated heterocycles. The highest BCUT2D eigenvalue weighted by Crippen LogP contribution is 2.47. The first kappa shape index (κ1) is 16.4. The Hall–Kier alpha value is -0.980. The number of pyridine rings is 1. The van der Waals surface area contributed by atoms with Crippen LogP contribution in [0.2, 0.25) is 25.1 Å². The molecule has 0 aliphatic heterocycles. The molecular formula is C11H3Cl5N2O3. The lowest BCUT2D eigenvalue weighted by atomic mass is 10.1. The standard InChI is InChI=1S/C11H3Cl5N2O3/c12-6-5(7(13)9(15)10(16)8(6)14)3-1-17-2-4(11(3)19)18(20)21/h1-2H,(H,17,19). The van der Waals surface area contributed by atoms with Gasteiger partial charge >= 0.3 is 5.69 Å². The number of benzene rings is 1.